The Kier molecular flexibility index (Phi) is 5.62. The number of carbonyl (C=O) groups is 1. The van der Waals surface area contributed by atoms with Crippen LogP contribution in [0, 0.1) is 5.82 Å². The second kappa shape index (κ2) is 7.94. The molecule has 1 aliphatic rings. The molecule has 6 nitrogen and oxygen atoms in total. The number of hydrogen-bond acceptors (Lipinski definition) is 4. The number of halogens is 2. The van der Waals surface area contributed by atoms with Crippen LogP contribution < -0.4 is 5.32 Å². The molecule has 8 heteroatoms. The van der Waals surface area contributed by atoms with Gasteiger partial charge in [0.25, 0.3) is 5.91 Å². The predicted molar refractivity (Wildman–Crippen MR) is 101 cm³/mol. The maximum atomic E-state index is 14.0. The van der Waals surface area contributed by atoms with Gasteiger partial charge in [-0.15, -0.1) is 12.4 Å². The van der Waals surface area contributed by atoms with Crippen LogP contribution in [0.1, 0.15) is 22.4 Å². The summed E-state index contributed by atoms with van der Waals surface area (Å²) in [6.45, 7) is 1.87. The van der Waals surface area contributed by atoms with Crippen molar-refractivity contribution in [1.29, 1.82) is 0 Å². The molecule has 1 aromatic carbocycles. The maximum Gasteiger partial charge on any atom is 0.290 e. The number of aromatic nitrogens is 2. The molecule has 0 aliphatic carbocycles. The summed E-state index contributed by atoms with van der Waals surface area (Å²) >= 11 is 0. The first-order valence-electron chi connectivity index (χ1n) is 8.49. The zero-order valence-electron chi connectivity index (χ0n) is 14.8. The Balaban J connectivity index is 0.00000210. The Hall–Kier alpha value is -2.64. The predicted octanol–water partition coefficient (Wildman–Crippen LogP) is 3.03. The fourth-order valence-corrected chi connectivity index (χ4v) is 3.28. The highest BCUT2D eigenvalue weighted by Gasteiger charge is 2.32. The molecular weight excluding hydrogens is 371 g/mol. The summed E-state index contributed by atoms with van der Waals surface area (Å²) in [5, 5.41) is 3.30. The average molecular weight is 391 g/mol. The van der Waals surface area contributed by atoms with Crippen molar-refractivity contribution < 1.29 is 13.6 Å². The van der Waals surface area contributed by atoms with E-state index < -0.39 is 0 Å². The molecule has 1 saturated heterocycles. The van der Waals surface area contributed by atoms with E-state index in [9.17, 15) is 9.18 Å². The molecule has 1 N–H and O–H groups in total. The molecule has 142 valence electrons. The van der Waals surface area contributed by atoms with Crippen molar-refractivity contribution in [3.63, 3.8) is 0 Å². The van der Waals surface area contributed by atoms with Crippen LogP contribution >= 0.6 is 12.4 Å². The highest BCUT2D eigenvalue weighted by molar-refractivity contribution is 5.92. The lowest BCUT2D eigenvalue weighted by molar-refractivity contribution is 0.0589. The van der Waals surface area contributed by atoms with Crippen LogP contribution in [0.5, 0.6) is 0 Å². The Bertz CT molecular complexity index is 939. The molecule has 3 heterocycles. The van der Waals surface area contributed by atoms with E-state index in [2.05, 4.69) is 10.3 Å². The van der Waals surface area contributed by atoms with Crippen LogP contribution in [-0.4, -0.2) is 40.0 Å². The molecule has 1 amide bonds. The normalized spacial score (nSPS) is 16.8. The van der Waals surface area contributed by atoms with E-state index in [0.717, 1.165) is 5.82 Å². The molecule has 1 unspecified atom stereocenters. The van der Waals surface area contributed by atoms with Gasteiger partial charge in [-0.2, -0.15) is 0 Å². The number of benzene rings is 1. The average Bonchev–Trinajstić information content (AvgIpc) is 3.31. The molecule has 27 heavy (non-hydrogen) atoms. The van der Waals surface area contributed by atoms with Gasteiger partial charge >= 0.3 is 0 Å². The number of carbonyl (C=O) groups excluding carboxylic acids is 1. The van der Waals surface area contributed by atoms with Crippen molar-refractivity contribution >= 4 is 18.3 Å². The third-order valence-electron chi connectivity index (χ3n) is 4.62. The lowest BCUT2D eigenvalue weighted by Gasteiger charge is -2.35. The number of piperazine rings is 1. The van der Waals surface area contributed by atoms with Crippen LogP contribution in [0.3, 0.4) is 0 Å². The SMILES string of the molecule is Cl.Cn1ccnc1C1CNCCN1C(=O)c1ccc(-c2ccccc2F)o1. The number of imidazole rings is 1. The van der Waals surface area contributed by atoms with E-state index >= 15 is 0 Å². The second-order valence-electron chi connectivity index (χ2n) is 6.26. The Labute approximate surface area is 162 Å². The van der Waals surface area contributed by atoms with Crippen molar-refractivity contribution in [1.82, 2.24) is 19.8 Å². The molecule has 1 aliphatic heterocycles. The second-order valence-corrected chi connectivity index (χ2v) is 6.26. The third-order valence-corrected chi connectivity index (χ3v) is 4.62. The van der Waals surface area contributed by atoms with E-state index in [-0.39, 0.29) is 35.9 Å². The summed E-state index contributed by atoms with van der Waals surface area (Å²) in [5.74, 6) is 0.752. The summed E-state index contributed by atoms with van der Waals surface area (Å²) in [6, 6.07) is 9.39. The van der Waals surface area contributed by atoms with Crippen molar-refractivity contribution in [2.75, 3.05) is 19.6 Å². The number of furan rings is 1. The molecule has 0 radical (unpaired) electrons. The van der Waals surface area contributed by atoms with E-state index in [1.807, 2.05) is 17.8 Å². The van der Waals surface area contributed by atoms with E-state index in [1.54, 1.807) is 41.4 Å². The van der Waals surface area contributed by atoms with Crippen LogP contribution in [-0.2, 0) is 7.05 Å². The molecule has 4 rings (SSSR count). The van der Waals surface area contributed by atoms with Gasteiger partial charge in [-0.1, -0.05) is 12.1 Å². The van der Waals surface area contributed by atoms with Gasteiger partial charge in [0, 0.05) is 39.1 Å². The monoisotopic (exact) mass is 390 g/mol. The first-order valence-corrected chi connectivity index (χ1v) is 8.49. The molecule has 1 atom stereocenters. The Morgan fingerprint density at radius 3 is 2.85 bits per heavy atom. The summed E-state index contributed by atoms with van der Waals surface area (Å²) in [4.78, 5) is 19.2. The van der Waals surface area contributed by atoms with Crippen LogP contribution in [0.4, 0.5) is 4.39 Å². The molecule has 0 bridgehead atoms. The topological polar surface area (TPSA) is 63.3 Å². The van der Waals surface area contributed by atoms with Crippen LogP contribution in [0.15, 0.2) is 53.2 Å². The van der Waals surface area contributed by atoms with Gasteiger partial charge in [0.2, 0.25) is 0 Å². The minimum absolute atomic E-state index is 0. The molecule has 2 aromatic heterocycles. The van der Waals surface area contributed by atoms with Gasteiger partial charge < -0.3 is 19.2 Å². The smallest absolute Gasteiger partial charge is 0.290 e. The Morgan fingerprint density at radius 1 is 1.30 bits per heavy atom. The fourth-order valence-electron chi connectivity index (χ4n) is 3.28. The molecule has 0 spiro atoms. The highest BCUT2D eigenvalue weighted by Crippen LogP contribution is 2.28. The lowest BCUT2D eigenvalue weighted by atomic mass is 10.1. The van der Waals surface area contributed by atoms with Crippen molar-refractivity contribution in [2.24, 2.45) is 7.05 Å². The number of nitrogens with zero attached hydrogens (tertiary/aromatic N) is 3. The van der Waals surface area contributed by atoms with Gasteiger partial charge in [0.05, 0.1) is 5.56 Å². The summed E-state index contributed by atoms with van der Waals surface area (Å²) < 4.78 is 21.5. The first kappa shape index (κ1) is 19.1. The highest BCUT2D eigenvalue weighted by atomic mass is 35.5. The number of nitrogens with one attached hydrogen (secondary N) is 1. The molecule has 1 fully saturated rings. The standard InChI is InChI=1S/C19H19FN4O2.ClH/c1-23-10-9-22-18(23)15-12-21-8-11-24(15)19(25)17-7-6-16(26-17)13-4-2-3-5-14(13)20;/h2-7,9-10,15,21H,8,11-12H2,1H3;1H. The zero-order valence-corrected chi connectivity index (χ0v) is 15.6. The van der Waals surface area contributed by atoms with E-state index in [4.69, 9.17) is 4.42 Å². The quantitative estimate of drug-likeness (QED) is 0.746. The minimum atomic E-state index is -0.381. The zero-order chi connectivity index (χ0) is 18.1. The molecular formula is C19H20ClFN4O2. The van der Waals surface area contributed by atoms with Crippen LogP contribution in [0.25, 0.3) is 11.3 Å². The van der Waals surface area contributed by atoms with Gasteiger partial charge in [-0.05, 0) is 24.3 Å². The van der Waals surface area contributed by atoms with Gasteiger partial charge in [0.1, 0.15) is 23.4 Å². The van der Waals surface area contributed by atoms with Crippen molar-refractivity contribution in [3.05, 3.63) is 66.2 Å². The molecule has 3 aromatic rings. The summed E-state index contributed by atoms with van der Waals surface area (Å²) in [5.41, 5.74) is 0.340. The van der Waals surface area contributed by atoms with Crippen molar-refractivity contribution in [2.45, 2.75) is 6.04 Å². The first-order chi connectivity index (χ1) is 12.6. The van der Waals surface area contributed by atoms with E-state index in [1.165, 1.54) is 6.07 Å². The number of hydrogen-bond donors (Lipinski definition) is 1. The third kappa shape index (κ3) is 3.61. The number of rotatable bonds is 3. The lowest BCUT2D eigenvalue weighted by Crippen LogP contribution is -2.49. The van der Waals surface area contributed by atoms with Gasteiger partial charge in [0.15, 0.2) is 5.76 Å². The Morgan fingerprint density at radius 2 is 2.11 bits per heavy atom. The fraction of sp³-hybridized carbons (Fsp3) is 0.263. The summed E-state index contributed by atoms with van der Waals surface area (Å²) in [6.07, 6.45) is 3.57. The summed E-state index contributed by atoms with van der Waals surface area (Å²) in [7, 11) is 1.91. The minimum Gasteiger partial charge on any atom is -0.451 e. The van der Waals surface area contributed by atoms with Crippen molar-refractivity contribution in [3.8, 4) is 11.3 Å². The number of aryl methyl sites for hydroxylation is 1. The molecule has 0 saturated carbocycles. The van der Waals surface area contributed by atoms with Gasteiger partial charge in [-0.3, -0.25) is 4.79 Å². The van der Waals surface area contributed by atoms with Gasteiger partial charge in [-0.25, -0.2) is 9.37 Å². The number of amides is 1. The van der Waals surface area contributed by atoms with Crippen LogP contribution in [0.2, 0.25) is 0 Å². The van der Waals surface area contributed by atoms with E-state index in [0.29, 0.717) is 31.0 Å². The maximum absolute atomic E-state index is 14.0. The largest absolute Gasteiger partial charge is 0.451 e.